The van der Waals surface area contributed by atoms with Crippen LogP contribution in [0.3, 0.4) is 0 Å². The van der Waals surface area contributed by atoms with E-state index < -0.39 is 0 Å². The van der Waals surface area contributed by atoms with Crippen LogP contribution in [0.15, 0.2) is 18.2 Å². The van der Waals surface area contributed by atoms with E-state index in [1.807, 2.05) is 25.1 Å². The van der Waals surface area contributed by atoms with E-state index in [1.165, 1.54) is 0 Å². The van der Waals surface area contributed by atoms with E-state index in [2.05, 4.69) is 14.8 Å². The van der Waals surface area contributed by atoms with Gasteiger partial charge in [0.1, 0.15) is 18.2 Å². The lowest BCUT2D eigenvalue weighted by Crippen LogP contribution is -2.05. The zero-order chi connectivity index (χ0) is 12.5. The van der Waals surface area contributed by atoms with Crippen LogP contribution >= 0.6 is 11.6 Å². The second kappa shape index (κ2) is 4.61. The summed E-state index contributed by atoms with van der Waals surface area (Å²) in [5.74, 6) is 2.63. The fourth-order valence-corrected chi connectivity index (χ4v) is 2.47. The largest absolute Gasteiger partial charge is 0.484 e. The number of aromatic nitrogens is 3. The van der Waals surface area contributed by atoms with Crippen LogP contribution in [0.2, 0.25) is 5.02 Å². The molecule has 1 aliphatic heterocycles. The molecule has 0 aliphatic carbocycles. The lowest BCUT2D eigenvalue weighted by molar-refractivity contribution is 0.289. The molecule has 0 saturated carbocycles. The van der Waals surface area contributed by atoms with Gasteiger partial charge in [0.15, 0.2) is 5.82 Å². The van der Waals surface area contributed by atoms with Crippen LogP contribution in [0.25, 0.3) is 0 Å². The number of halogens is 1. The van der Waals surface area contributed by atoms with Crippen molar-refractivity contribution in [3.8, 4) is 5.75 Å². The summed E-state index contributed by atoms with van der Waals surface area (Å²) in [6.07, 6.45) is 2.15. The van der Waals surface area contributed by atoms with E-state index in [4.69, 9.17) is 16.3 Å². The van der Waals surface area contributed by atoms with Gasteiger partial charge in [0.05, 0.1) is 5.02 Å². The van der Waals surface area contributed by atoms with Gasteiger partial charge in [-0.25, -0.2) is 0 Å². The smallest absolute Gasteiger partial charge is 0.171 e. The van der Waals surface area contributed by atoms with Gasteiger partial charge in [-0.05, 0) is 31.0 Å². The summed E-state index contributed by atoms with van der Waals surface area (Å²) >= 11 is 6.12. The Balaban J connectivity index is 1.74. The van der Waals surface area contributed by atoms with Gasteiger partial charge >= 0.3 is 0 Å². The van der Waals surface area contributed by atoms with Gasteiger partial charge in [-0.1, -0.05) is 17.7 Å². The summed E-state index contributed by atoms with van der Waals surface area (Å²) in [6.45, 7) is 3.40. The van der Waals surface area contributed by atoms with Crippen LogP contribution in [0.1, 0.15) is 23.6 Å². The highest BCUT2D eigenvalue weighted by atomic mass is 35.5. The normalized spacial score (nSPS) is 13.7. The average Bonchev–Trinajstić information content (AvgIpc) is 2.91. The van der Waals surface area contributed by atoms with Gasteiger partial charge in [-0.2, -0.15) is 0 Å². The Kier molecular flexibility index (Phi) is 2.96. The van der Waals surface area contributed by atoms with Crippen molar-refractivity contribution in [3.05, 3.63) is 40.4 Å². The quantitative estimate of drug-likeness (QED) is 0.855. The maximum absolute atomic E-state index is 6.12. The van der Waals surface area contributed by atoms with E-state index in [-0.39, 0.29) is 0 Å². The lowest BCUT2D eigenvalue weighted by atomic mass is 10.2. The third-order valence-corrected chi connectivity index (χ3v) is 3.43. The number of benzene rings is 1. The Morgan fingerprint density at radius 3 is 3.11 bits per heavy atom. The molecule has 0 N–H and O–H groups in total. The summed E-state index contributed by atoms with van der Waals surface area (Å²) < 4.78 is 7.83. The van der Waals surface area contributed by atoms with Crippen LogP contribution in [0.5, 0.6) is 5.75 Å². The Morgan fingerprint density at radius 1 is 1.39 bits per heavy atom. The van der Waals surface area contributed by atoms with Gasteiger partial charge in [-0.15, -0.1) is 10.2 Å². The number of aryl methyl sites for hydroxylation is 2. The Labute approximate surface area is 111 Å². The van der Waals surface area contributed by atoms with Gasteiger partial charge < -0.3 is 9.30 Å². The van der Waals surface area contributed by atoms with Crippen molar-refractivity contribution in [2.24, 2.45) is 0 Å². The number of hydrogen-bond donors (Lipinski definition) is 0. The molecule has 18 heavy (non-hydrogen) atoms. The molecule has 1 aromatic heterocycles. The highest BCUT2D eigenvalue weighted by Crippen LogP contribution is 2.26. The fourth-order valence-electron chi connectivity index (χ4n) is 2.18. The van der Waals surface area contributed by atoms with Crippen molar-refractivity contribution < 1.29 is 4.74 Å². The van der Waals surface area contributed by atoms with Crippen LogP contribution in [0.4, 0.5) is 0 Å². The number of hydrogen-bond acceptors (Lipinski definition) is 3. The molecule has 0 radical (unpaired) electrons. The molecule has 0 atom stereocenters. The maximum atomic E-state index is 6.12. The SMILES string of the molecule is Cc1ccc(OCc2nnc3n2CCC3)c(Cl)c1. The predicted molar refractivity (Wildman–Crippen MR) is 68.9 cm³/mol. The fraction of sp³-hybridized carbons (Fsp3) is 0.385. The average molecular weight is 264 g/mol. The molecule has 0 unspecified atom stereocenters. The Bertz CT molecular complexity index is 580. The van der Waals surface area contributed by atoms with E-state index in [0.717, 1.165) is 36.6 Å². The minimum atomic E-state index is 0.412. The van der Waals surface area contributed by atoms with E-state index in [0.29, 0.717) is 17.4 Å². The molecule has 0 amide bonds. The molecule has 2 heterocycles. The summed E-state index contributed by atoms with van der Waals surface area (Å²) in [5.41, 5.74) is 1.12. The van der Waals surface area contributed by atoms with Crippen molar-refractivity contribution >= 4 is 11.6 Å². The number of fused-ring (bicyclic) bond motifs is 1. The first-order valence-corrected chi connectivity index (χ1v) is 6.42. The first-order chi connectivity index (χ1) is 8.74. The minimum absolute atomic E-state index is 0.412. The van der Waals surface area contributed by atoms with Gasteiger partial charge in [0.25, 0.3) is 0 Å². The molecule has 4 nitrogen and oxygen atoms in total. The topological polar surface area (TPSA) is 39.9 Å². The first-order valence-electron chi connectivity index (χ1n) is 6.04. The molecule has 0 spiro atoms. The van der Waals surface area contributed by atoms with Crippen molar-refractivity contribution in [3.63, 3.8) is 0 Å². The van der Waals surface area contributed by atoms with Crippen LogP contribution in [-0.2, 0) is 19.6 Å². The number of ether oxygens (including phenoxy) is 1. The molecule has 2 aromatic rings. The summed E-state index contributed by atoms with van der Waals surface area (Å²) in [7, 11) is 0. The van der Waals surface area contributed by atoms with E-state index in [1.54, 1.807) is 0 Å². The second-order valence-electron chi connectivity index (χ2n) is 4.51. The summed E-state index contributed by atoms with van der Waals surface area (Å²) in [4.78, 5) is 0. The molecule has 1 aliphatic rings. The van der Waals surface area contributed by atoms with Crippen molar-refractivity contribution in [1.29, 1.82) is 0 Å². The summed E-state index contributed by atoms with van der Waals surface area (Å²) in [5, 5.41) is 8.93. The number of rotatable bonds is 3. The number of nitrogens with zero attached hydrogens (tertiary/aromatic N) is 3. The van der Waals surface area contributed by atoms with Crippen molar-refractivity contribution in [2.45, 2.75) is 32.9 Å². The molecule has 0 bridgehead atoms. The lowest BCUT2D eigenvalue weighted by Gasteiger charge is -2.08. The predicted octanol–water partition coefficient (Wildman–Crippen LogP) is 2.77. The second-order valence-corrected chi connectivity index (χ2v) is 4.92. The monoisotopic (exact) mass is 263 g/mol. The van der Waals surface area contributed by atoms with Crippen molar-refractivity contribution in [1.82, 2.24) is 14.8 Å². The molecule has 1 aromatic carbocycles. The molecule has 3 rings (SSSR count). The van der Waals surface area contributed by atoms with E-state index in [9.17, 15) is 0 Å². The van der Waals surface area contributed by atoms with Gasteiger partial charge in [-0.3, -0.25) is 0 Å². The van der Waals surface area contributed by atoms with Crippen LogP contribution in [0, 0.1) is 6.92 Å². The molecular formula is C13H14ClN3O. The van der Waals surface area contributed by atoms with Gasteiger partial charge in [0.2, 0.25) is 0 Å². The maximum Gasteiger partial charge on any atom is 0.171 e. The van der Waals surface area contributed by atoms with Crippen molar-refractivity contribution in [2.75, 3.05) is 0 Å². The molecule has 0 saturated heterocycles. The van der Waals surface area contributed by atoms with E-state index >= 15 is 0 Å². The highest BCUT2D eigenvalue weighted by Gasteiger charge is 2.17. The van der Waals surface area contributed by atoms with Gasteiger partial charge in [0, 0.05) is 13.0 Å². The molecule has 5 heteroatoms. The standard InChI is InChI=1S/C13H14ClN3O/c1-9-4-5-11(10(14)7-9)18-8-13-16-15-12-3-2-6-17(12)13/h4-5,7H,2-3,6,8H2,1H3. The molecule has 94 valence electrons. The third kappa shape index (κ3) is 2.08. The zero-order valence-corrected chi connectivity index (χ0v) is 10.9. The Hall–Kier alpha value is -1.55. The molecular weight excluding hydrogens is 250 g/mol. The first kappa shape index (κ1) is 11.5. The minimum Gasteiger partial charge on any atom is -0.484 e. The highest BCUT2D eigenvalue weighted by molar-refractivity contribution is 6.32. The van der Waals surface area contributed by atoms with Crippen LogP contribution < -0.4 is 4.74 Å². The Morgan fingerprint density at radius 2 is 2.28 bits per heavy atom. The molecule has 0 fully saturated rings. The third-order valence-electron chi connectivity index (χ3n) is 3.13. The zero-order valence-electron chi connectivity index (χ0n) is 10.2. The van der Waals surface area contributed by atoms with Crippen LogP contribution in [-0.4, -0.2) is 14.8 Å². The summed E-state index contributed by atoms with van der Waals surface area (Å²) in [6, 6.07) is 5.76.